The Balaban J connectivity index is 2.13. The van der Waals surface area contributed by atoms with E-state index in [1.165, 1.54) is 0 Å². The first-order chi connectivity index (χ1) is 11.9. The maximum atomic E-state index is 11.9. The largest absolute Gasteiger partial charge is 0.481 e. The highest BCUT2D eigenvalue weighted by Gasteiger charge is 2.26. The highest BCUT2D eigenvalue weighted by Crippen LogP contribution is 2.28. The van der Waals surface area contributed by atoms with Crippen LogP contribution in [-0.4, -0.2) is 48.5 Å². The summed E-state index contributed by atoms with van der Waals surface area (Å²) in [6, 6.07) is 0. The third kappa shape index (κ3) is 9.53. The van der Waals surface area contributed by atoms with E-state index in [4.69, 9.17) is 16.6 Å². The summed E-state index contributed by atoms with van der Waals surface area (Å²) in [7, 11) is 0. The molecule has 1 rings (SSSR count). The van der Waals surface area contributed by atoms with Crippen LogP contribution in [0.4, 0.5) is 0 Å². The smallest absolute Gasteiger partial charge is 0.305 e. The molecule has 25 heavy (non-hydrogen) atoms. The molecule has 0 saturated heterocycles. The van der Waals surface area contributed by atoms with Crippen LogP contribution in [0, 0.1) is 11.8 Å². The van der Waals surface area contributed by atoms with Crippen molar-refractivity contribution in [2.24, 2.45) is 28.3 Å². The van der Waals surface area contributed by atoms with E-state index in [9.17, 15) is 14.4 Å². The molecule has 0 aromatic rings. The van der Waals surface area contributed by atoms with Gasteiger partial charge in [-0.2, -0.15) is 0 Å². The Bertz CT molecular complexity index is 483. The van der Waals surface area contributed by atoms with Gasteiger partial charge in [0.25, 0.3) is 0 Å². The number of nitrogens with one attached hydrogen (secondary N) is 2. The molecule has 1 saturated carbocycles. The van der Waals surface area contributed by atoms with Gasteiger partial charge in [0, 0.05) is 32.0 Å². The number of aliphatic carboxylic acids is 1. The standard InChI is InChI=1S/C16H29N5O4/c17-16(18)20-8-1-2-13(22)21-10-11-3-5-12(6-4-11)15(25)19-9-7-14(23)24/h11-12H,1-10H2,(H,19,25)(H,21,22)(H,23,24)(H4,17,18,20). The normalized spacial score (nSPS) is 19.7. The summed E-state index contributed by atoms with van der Waals surface area (Å²) in [6.45, 7) is 1.23. The monoisotopic (exact) mass is 355 g/mol. The van der Waals surface area contributed by atoms with Crippen molar-refractivity contribution in [3.05, 3.63) is 0 Å². The summed E-state index contributed by atoms with van der Waals surface area (Å²) in [5, 5.41) is 14.1. The van der Waals surface area contributed by atoms with Gasteiger partial charge in [-0.1, -0.05) is 0 Å². The van der Waals surface area contributed by atoms with E-state index >= 15 is 0 Å². The minimum atomic E-state index is -0.918. The van der Waals surface area contributed by atoms with E-state index in [0.29, 0.717) is 31.8 Å². The van der Waals surface area contributed by atoms with Crippen molar-refractivity contribution in [3.63, 3.8) is 0 Å². The topological polar surface area (TPSA) is 160 Å². The number of aliphatic imine (C=N–C) groups is 1. The lowest BCUT2D eigenvalue weighted by Crippen LogP contribution is -2.36. The minimum Gasteiger partial charge on any atom is -0.481 e. The van der Waals surface area contributed by atoms with Crippen molar-refractivity contribution in [1.29, 1.82) is 0 Å². The fraction of sp³-hybridized carbons (Fsp3) is 0.750. The molecule has 9 heteroatoms. The van der Waals surface area contributed by atoms with Gasteiger partial charge in [-0.25, -0.2) is 0 Å². The van der Waals surface area contributed by atoms with Crippen LogP contribution in [0.5, 0.6) is 0 Å². The van der Waals surface area contributed by atoms with Crippen LogP contribution in [0.25, 0.3) is 0 Å². The van der Waals surface area contributed by atoms with Crippen molar-refractivity contribution in [3.8, 4) is 0 Å². The zero-order valence-corrected chi connectivity index (χ0v) is 14.5. The second-order valence-corrected chi connectivity index (χ2v) is 6.37. The second-order valence-electron chi connectivity index (χ2n) is 6.37. The van der Waals surface area contributed by atoms with Crippen LogP contribution in [0.3, 0.4) is 0 Å². The Morgan fingerprint density at radius 1 is 1.04 bits per heavy atom. The fourth-order valence-corrected chi connectivity index (χ4v) is 2.86. The zero-order valence-electron chi connectivity index (χ0n) is 14.5. The molecule has 0 atom stereocenters. The number of hydrogen-bond acceptors (Lipinski definition) is 4. The Hall–Kier alpha value is -2.32. The number of guanidine groups is 1. The van der Waals surface area contributed by atoms with Gasteiger partial charge in [-0.3, -0.25) is 19.4 Å². The number of rotatable bonds is 10. The van der Waals surface area contributed by atoms with Gasteiger partial charge in [0.1, 0.15) is 0 Å². The predicted molar refractivity (Wildman–Crippen MR) is 93.6 cm³/mol. The summed E-state index contributed by atoms with van der Waals surface area (Å²) < 4.78 is 0. The summed E-state index contributed by atoms with van der Waals surface area (Å²) in [4.78, 5) is 37.9. The van der Waals surface area contributed by atoms with Gasteiger partial charge >= 0.3 is 5.97 Å². The van der Waals surface area contributed by atoms with Gasteiger partial charge in [-0.15, -0.1) is 0 Å². The van der Waals surface area contributed by atoms with E-state index in [1.54, 1.807) is 0 Å². The number of carbonyl (C=O) groups is 3. The van der Waals surface area contributed by atoms with Crippen LogP contribution in [0.2, 0.25) is 0 Å². The van der Waals surface area contributed by atoms with Crippen LogP contribution >= 0.6 is 0 Å². The molecule has 0 bridgehead atoms. The fourth-order valence-electron chi connectivity index (χ4n) is 2.86. The number of carboxylic acid groups (broad SMARTS) is 1. The van der Waals surface area contributed by atoms with Gasteiger partial charge in [-0.05, 0) is 38.0 Å². The number of nitrogens with two attached hydrogens (primary N) is 2. The van der Waals surface area contributed by atoms with Crippen LogP contribution in [-0.2, 0) is 14.4 Å². The maximum absolute atomic E-state index is 11.9. The molecular weight excluding hydrogens is 326 g/mol. The van der Waals surface area contributed by atoms with Gasteiger partial charge < -0.3 is 27.2 Å². The average molecular weight is 355 g/mol. The Labute approximate surface area is 147 Å². The molecular formula is C16H29N5O4. The summed E-state index contributed by atoms with van der Waals surface area (Å²) in [5.74, 6) is -0.643. The van der Waals surface area contributed by atoms with E-state index in [2.05, 4.69) is 15.6 Å². The molecule has 7 N–H and O–H groups in total. The molecule has 0 aromatic heterocycles. The molecule has 1 aliphatic rings. The van der Waals surface area contributed by atoms with Crippen LogP contribution in [0.1, 0.15) is 44.9 Å². The Morgan fingerprint density at radius 2 is 1.72 bits per heavy atom. The average Bonchev–Trinajstić information content (AvgIpc) is 2.56. The Kier molecular flexibility index (Phi) is 9.34. The molecule has 9 nitrogen and oxygen atoms in total. The van der Waals surface area contributed by atoms with Crippen molar-refractivity contribution in [1.82, 2.24) is 10.6 Å². The SMILES string of the molecule is NC(N)=NCCCC(=O)NCC1CCC(C(=O)NCCC(=O)O)CC1. The first kappa shape index (κ1) is 20.7. The lowest BCUT2D eigenvalue weighted by atomic mass is 9.81. The lowest BCUT2D eigenvalue weighted by molar-refractivity contribution is -0.137. The predicted octanol–water partition coefficient (Wildman–Crippen LogP) is -0.446. The van der Waals surface area contributed by atoms with Gasteiger partial charge in [0.05, 0.1) is 6.42 Å². The van der Waals surface area contributed by atoms with E-state index in [1.807, 2.05) is 0 Å². The van der Waals surface area contributed by atoms with Gasteiger partial charge in [0.15, 0.2) is 5.96 Å². The van der Waals surface area contributed by atoms with Crippen LogP contribution < -0.4 is 22.1 Å². The number of amides is 2. The molecule has 0 spiro atoms. The molecule has 0 unspecified atom stereocenters. The van der Waals surface area contributed by atoms with E-state index in [-0.39, 0.29) is 36.7 Å². The van der Waals surface area contributed by atoms with Crippen molar-refractivity contribution >= 4 is 23.7 Å². The quantitative estimate of drug-likeness (QED) is 0.203. The molecule has 0 aliphatic heterocycles. The van der Waals surface area contributed by atoms with Gasteiger partial charge in [0.2, 0.25) is 11.8 Å². The first-order valence-corrected chi connectivity index (χ1v) is 8.70. The number of carbonyl (C=O) groups excluding carboxylic acids is 2. The molecule has 142 valence electrons. The van der Waals surface area contributed by atoms with Crippen molar-refractivity contribution < 1.29 is 19.5 Å². The molecule has 0 aromatic carbocycles. The third-order valence-corrected chi connectivity index (χ3v) is 4.30. The molecule has 1 aliphatic carbocycles. The molecule has 2 amide bonds. The lowest BCUT2D eigenvalue weighted by Gasteiger charge is -2.27. The summed E-state index contributed by atoms with van der Waals surface area (Å²) in [5.41, 5.74) is 10.4. The van der Waals surface area contributed by atoms with E-state index < -0.39 is 5.97 Å². The molecule has 0 heterocycles. The molecule has 1 fully saturated rings. The molecule has 0 radical (unpaired) electrons. The van der Waals surface area contributed by atoms with Crippen molar-refractivity contribution in [2.75, 3.05) is 19.6 Å². The number of hydrogen-bond donors (Lipinski definition) is 5. The van der Waals surface area contributed by atoms with E-state index in [0.717, 1.165) is 25.7 Å². The highest BCUT2D eigenvalue weighted by molar-refractivity contribution is 5.79. The summed E-state index contributed by atoms with van der Waals surface area (Å²) >= 11 is 0. The second kappa shape index (κ2) is 11.3. The Morgan fingerprint density at radius 3 is 2.32 bits per heavy atom. The maximum Gasteiger partial charge on any atom is 0.305 e. The first-order valence-electron chi connectivity index (χ1n) is 8.70. The zero-order chi connectivity index (χ0) is 18.7. The number of nitrogens with zero attached hydrogens (tertiary/aromatic N) is 1. The van der Waals surface area contributed by atoms with Crippen LogP contribution in [0.15, 0.2) is 4.99 Å². The summed E-state index contributed by atoms with van der Waals surface area (Å²) in [6.07, 6.45) is 4.23. The minimum absolute atomic E-state index is 0.0145. The highest BCUT2D eigenvalue weighted by atomic mass is 16.4. The number of carboxylic acids is 1. The van der Waals surface area contributed by atoms with Crippen molar-refractivity contribution in [2.45, 2.75) is 44.9 Å². The third-order valence-electron chi connectivity index (χ3n) is 4.30.